The van der Waals surface area contributed by atoms with Crippen molar-refractivity contribution in [1.82, 2.24) is 5.32 Å². The molecule has 0 bridgehead atoms. The zero-order valence-electron chi connectivity index (χ0n) is 16.6. The molecule has 2 rings (SSSR count). The first-order valence-electron chi connectivity index (χ1n) is 8.80. The van der Waals surface area contributed by atoms with Crippen LogP contribution < -0.4 is 5.32 Å². The molecule has 0 spiro atoms. The number of rotatable bonds is 6. The number of halogens is 1. The van der Waals surface area contributed by atoms with Gasteiger partial charge in [-0.15, -0.1) is 11.6 Å². The van der Waals surface area contributed by atoms with E-state index in [4.69, 9.17) is 35.3 Å². The molecule has 0 aromatic heterocycles. The molecule has 0 aromatic carbocycles. The summed E-state index contributed by atoms with van der Waals surface area (Å²) in [6.45, 7) is 4.64. The van der Waals surface area contributed by atoms with Crippen LogP contribution in [0.15, 0.2) is 0 Å². The fourth-order valence-corrected chi connectivity index (χ4v) is 3.82. The number of aliphatic hydroxyl groups is 2. The van der Waals surface area contributed by atoms with Crippen molar-refractivity contribution < 1.29 is 43.5 Å². The predicted molar refractivity (Wildman–Crippen MR) is 95.4 cm³/mol. The molecule has 2 saturated heterocycles. The molecule has 0 saturated carbocycles. The minimum Gasteiger partial charge on any atom is -0.465 e. The maximum absolute atomic E-state index is 12.4. The van der Waals surface area contributed by atoms with E-state index < -0.39 is 59.8 Å². The Bertz CT molecular complexity index is 603. The van der Waals surface area contributed by atoms with E-state index >= 15 is 0 Å². The molecule has 28 heavy (non-hydrogen) atoms. The number of hydrogen-bond donors (Lipinski definition) is 3. The quantitative estimate of drug-likeness (QED) is 0.372. The molecule has 0 aromatic rings. The molecular weight excluding hydrogens is 398 g/mol. The number of aliphatic hydroxyl groups excluding tert-OH is 1. The molecule has 2 heterocycles. The summed E-state index contributed by atoms with van der Waals surface area (Å²) in [6, 6.07) is -1.15. The van der Waals surface area contributed by atoms with Gasteiger partial charge >= 0.3 is 5.97 Å². The average molecular weight is 426 g/mol. The highest BCUT2D eigenvalue weighted by Crippen LogP contribution is 2.41. The van der Waals surface area contributed by atoms with Crippen LogP contribution in [0.5, 0.6) is 0 Å². The van der Waals surface area contributed by atoms with Crippen molar-refractivity contribution in [2.24, 2.45) is 0 Å². The Morgan fingerprint density at radius 2 is 1.96 bits per heavy atom. The number of nitrogens with one attached hydrogen (secondary N) is 1. The van der Waals surface area contributed by atoms with E-state index in [-0.39, 0.29) is 12.5 Å². The molecule has 1 amide bonds. The highest BCUT2D eigenvalue weighted by atomic mass is 35.5. The van der Waals surface area contributed by atoms with E-state index in [1.54, 1.807) is 13.8 Å². The van der Waals surface area contributed by atoms with Gasteiger partial charge in [0.25, 0.3) is 5.79 Å². The molecule has 2 fully saturated rings. The lowest BCUT2D eigenvalue weighted by molar-refractivity contribution is -0.319. The van der Waals surface area contributed by atoms with Gasteiger partial charge in [-0.2, -0.15) is 0 Å². The number of amides is 1. The zero-order valence-corrected chi connectivity index (χ0v) is 17.3. The second kappa shape index (κ2) is 8.39. The van der Waals surface area contributed by atoms with Crippen molar-refractivity contribution in [2.75, 3.05) is 26.7 Å². The van der Waals surface area contributed by atoms with Gasteiger partial charge in [0.05, 0.1) is 25.6 Å². The van der Waals surface area contributed by atoms with Crippen LogP contribution >= 0.6 is 11.6 Å². The first-order chi connectivity index (χ1) is 12.9. The van der Waals surface area contributed by atoms with Gasteiger partial charge in [-0.1, -0.05) is 0 Å². The van der Waals surface area contributed by atoms with Crippen molar-refractivity contribution in [3.8, 4) is 0 Å². The van der Waals surface area contributed by atoms with Gasteiger partial charge in [0.2, 0.25) is 5.91 Å². The fraction of sp³-hybridized carbons (Fsp3) is 0.882. The lowest BCUT2D eigenvalue weighted by Gasteiger charge is -2.51. The monoisotopic (exact) mass is 425 g/mol. The Balaban J connectivity index is 2.45. The summed E-state index contributed by atoms with van der Waals surface area (Å²) in [4.78, 5) is 24.1. The van der Waals surface area contributed by atoms with Gasteiger partial charge in [0.15, 0.2) is 5.79 Å². The van der Waals surface area contributed by atoms with Crippen LogP contribution in [0, 0.1) is 0 Å². The molecule has 0 unspecified atom stereocenters. The van der Waals surface area contributed by atoms with Crippen molar-refractivity contribution in [3.05, 3.63) is 0 Å². The van der Waals surface area contributed by atoms with Crippen LogP contribution in [0.3, 0.4) is 0 Å². The zero-order chi connectivity index (χ0) is 21.3. The van der Waals surface area contributed by atoms with Gasteiger partial charge < -0.3 is 39.2 Å². The average Bonchev–Trinajstić information content (AvgIpc) is 3.01. The first kappa shape index (κ1) is 23.3. The van der Waals surface area contributed by atoms with Crippen LogP contribution in [0.25, 0.3) is 0 Å². The number of carbonyl (C=O) groups is 2. The molecular formula is C17H28ClNO9. The third kappa shape index (κ3) is 4.43. The second-order valence-electron chi connectivity index (χ2n) is 7.48. The summed E-state index contributed by atoms with van der Waals surface area (Å²) in [5.74, 6) is -4.75. The Labute approximate surface area is 168 Å². The third-order valence-electron chi connectivity index (χ3n) is 4.94. The minimum atomic E-state index is -2.03. The number of alkyl halides is 1. The SMILES string of the molecule is COC(=O)[C@]1(OC)C[C@](O)(CCl)[C@@H](NC(C)=O)[C@H]([C@@H](O)[C@H]2COC(C)(C)O2)O1. The second-order valence-corrected chi connectivity index (χ2v) is 7.75. The molecule has 2 aliphatic heterocycles. The summed E-state index contributed by atoms with van der Waals surface area (Å²) in [5, 5.41) is 24.7. The van der Waals surface area contributed by atoms with E-state index in [0.29, 0.717) is 0 Å². The fourth-order valence-electron chi connectivity index (χ4n) is 3.56. The van der Waals surface area contributed by atoms with Crippen LogP contribution in [0.4, 0.5) is 0 Å². The van der Waals surface area contributed by atoms with Crippen molar-refractivity contribution in [1.29, 1.82) is 0 Å². The van der Waals surface area contributed by atoms with Gasteiger partial charge in [0, 0.05) is 20.5 Å². The maximum atomic E-state index is 12.4. The number of hydrogen-bond acceptors (Lipinski definition) is 9. The van der Waals surface area contributed by atoms with Gasteiger partial charge in [-0.3, -0.25) is 4.79 Å². The maximum Gasteiger partial charge on any atom is 0.366 e. The van der Waals surface area contributed by atoms with E-state index in [2.05, 4.69) is 5.32 Å². The van der Waals surface area contributed by atoms with Crippen LogP contribution in [0.2, 0.25) is 0 Å². The van der Waals surface area contributed by atoms with Crippen molar-refractivity contribution >= 4 is 23.5 Å². The molecule has 0 aliphatic carbocycles. The third-order valence-corrected chi connectivity index (χ3v) is 5.40. The smallest absolute Gasteiger partial charge is 0.366 e. The van der Waals surface area contributed by atoms with Gasteiger partial charge in [0.1, 0.15) is 23.9 Å². The normalized spacial score (nSPS) is 38.6. The Morgan fingerprint density at radius 1 is 1.32 bits per heavy atom. The van der Waals surface area contributed by atoms with Gasteiger partial charge in [-0.05, 0) is 13.8 Å². The molecule has 0 radical (unpaired) electrons. The van der Waals surface area contributed by atoms with Crippen LogP contribution in [0.1, 0.15) is 27.2 Å². The van der Waals surface area contributed by atoms with Crippen LogP contribution in [-0.4, -0.2) is 90.3 Å². The molecule has 3 N–H and O–H groups in total. The number of esters is 1. The first-order valence-corrected chi connectivity index (χ1v) is 9.34. The summed E-state index contributed by atoms with van der Waals surface area (Å²) in [7, 11) is 2.33. The number of carbonyl (C=O) groups excluding carboxylic acids is 2. The highest BCUT2D eigenvalue weighted by Gasteiger charge is 2.62. The molecule has 10 nitrogen and oxygen atoms in total. The topological polar surface area (TPSA) is 133 Å². The summed E-state index contributed by atoms with van der Waals surface area (Å²) in [5.41, 5.74) is -1.85. The largest absolute Gasteiger partial charge is 0.465 e. The molecule has 11 heteroatoms. The Morgan fingerprint density at radius 3 is 2.39 bits per heavy atom. The Kier molecular flexibility index (Phi) is 6.97. The highest BCUT2D eigenvalue weighted by molar-refractivity contribution is 6.18. The van der Waals surface area contributed by atoms with E-state index in [9.17, 15) is 19.8 Å². The summed E-state index contributed by atoms with van der Waals surface area (Å²) >= 11 is 6.00. The molecule has 2 aliphatic rings. The van der Waals surface area contributed by atoms with E-state index in [1.165, 1.54) is 14.0 Å². The van der Waals surface area contributed by atoms with Crippen LogP contribution in [-0.2, 0) is 33.3 Å². The van der Waals surface area contributed by atoms with E-state index in [0.717, 1.165) is 7.11 Å². The van der Waals surface area contributed by atoms with Crippen molar-refractivity contribution in [3.63, 3.8) is 0 Å². The van der Waals surface area contributed by atoms with Crippen molar-refractivity contribution in [2.45, 2.75) is 68.7 Å². The van der Waals surface area contributed by atoms with E-state index in [1.807, 2.05) is 0 Å². The predicted octanol–water partition coefficient (Wildman–Crippen LogP) is -0.722. The number of ether oxygens (including phenoxy) is 5. The molecule has 6 atom stereocenters. The lowest BCUT2D eigenvalue weighted by atomic mass is 9.79. The summed E-state index contributed by atoms with van der Waals surface area (Å²) < 4.78 is 27.0. The Hall–Kier alpha value is -1.01. The van der Waals surface area contributed by atoms with Gasteiger partial charge in [-0.25, -0.2) is 4.79 Å². The standard InChI is InChI=1S/C17H28ClNO9/c1-9(20)19-13-12(11(21)10-6-26-15(2,3)27-10)28-17(25-5,14(22)24-4)7-16(13,23)8-18/h10-13,21,23H,6-8H2,1-5H3,(H,19,20)/t10-,11+,12+,13+,16+,17+/m1/s1. The lowest BCUT2D eigenvalue weighted by Crippen LogP contribution is -2.73. The molecule has 162 valence electrons. The minimum absolute atomic E-state index is 0.0400. The number of methoxy groups -OCH3 is 2. The summed E-state index contributed by atoms with van der Waals surface area (Å²) in [6.07, 6.45) is -3.98.